The largest absolute Gasteiger partial charge is 0.329 e. The number of carbonyl (C=O) groups excluding carboxylic acids is 2. The van der Waals surface area contributed by atoms with Gasteiger partial charge in [0, 0.05) is 13.1 Å². The van der Waals surface area contributed by atoms with E-state index in [1.54, 1.807) is 0 Å². The highest BCUT2D eigenvalue weighted by Gasteiger charge is 2.46. The summed E-state index contributed by atoms with van der Waals surface area (Å²) >= 11 is 2.01. The molecule has 3 aliphatic rings. The molecule has 2 unspecified atom stereocenters. The van der Waals surface area contributed by atoms with E-state index >= 15 is 0 Å². The molecule has 4 nitrogen and oxygen atoms in total. The third-order valence-electron chi connectivity index (χ3n) is 5.20. The summed E-state index contributed by atoms with van der Waals surface area (Å²) in [5.74, 6) is 3.42. The first kappa shape index (κ1) is 15.2. The van der Waals surface area contributed by atoms with E-state index < -0.39 is 0 Å². The van der Waals surface area contributed by atoms with Crippen LogP contribution in [0.2, 0.25) is 0 Å². The number of thioether (sulfide) groups is 1. The maximum atomic E-state index is 12.9. The Morgan fingerprint density at radius 1 is 1.10 bits per heavy atom. The lowest BCUT2D eigenvalue weighted by atomic mass is 9.92. The van der Waals surface area contributed by atoms with E-state index in [-0.39, 0.29) is 23.9 Å². The van der Waals surface area contributed by atoms with Gasteiger partial charge in [0.05, 0.1) is 0 Å². The summed E-state index contributed by atoms with van der Waals surface area (Å²) in [5, 5.41) is 0. The van der Waals surface area contributed by atoms with Gasteiger partial charge in [0.25, 0.3) is 0 Å². The lowest BCUT2D eigenvalue weighted by Crippen LogP contribution is -2.66. The van der Waals surface area contributed by atoms with Crippen molar-refractivity contribution in [2.45, 2.75) is 57.5 Å². The summed E-state index contributed by atoms with van der Waals surface area (Å²) in [4.78, 5) is 29.4. The second kappa shape index (κ2) is 6.59. The first-order chi connectivity index (χ1) is 10.2. The monoisotopic (exact) mass is 310 g/mol. The number of fused-ring (bicyclic) bond motifs is 1. The second-order valence-electron chi connectivity index (χ2n) is 6.51. The summed E-state index contributed by atoms with van der Waals surface area (Å²) in [7, 11) is 0. The van der Waals surface area contributed by atoms with E-state index in [2.05, 4.69) is 0 Å². The van der Waals surface area contributed by atoms with Crippen molar-refractivity contribution < 1.29 is 9.59 Å². The summed E-state index contributed by atoms with van der Waals surface area (Å²) < 4.78 is 0. The number of carbonyl (C=O) groups is 2. The van der Waals surface area contributed by atoms with Gasteiger partial charge in [-0.2, -0.15) is 11.8 Å². The van der Waals surface area contributed by atoms with Gasteiger partial charge in [-0.1, -0.05) is 6.92 Å². The van der Waals surface area contributed by atoms with Gasteiger partial charge in [0.15, 0.2) is 0 Å². The molecule has 0 aromatic carbocycles. The highest BCUT2D eigenvalue weighted by molar-refractivity contribution is 7.99. The van der Waals surface area contributed by atoms with Gasteiger partial charge in [-0.3, -0.25) is 9.59 Å². The molecule has 21 heavy (non-hydrogen) atoms. The van der Waals surface area contributed by atoms with Crippen molar-refractivity contribution in [3.05, 3.63) is 0 Å². The number of hydrogen-bond donors (Lipinski definition) is 0. The Kier molecular flexibility index (Phi) is 4.77. The smallest absolute Gasteiger partial charge is 0.246 e. The maximum Gasteiger partial charge on any atom is 0.246 e. The SMILES string of the molecule is CCC1C(=O)N2CCCCC2C(=O)N1CC1CCSCC1. The Morgan fingerprint density at radius 3 is 2.57 bits per heavy atom. The molecule has 3 fully saturated rings. The fraction of sp³-hybridized carbons (Fsp3) is 0.875. The zero-order valence-corrected chi connectivity index (χ0v) is 13.7. The minimum Gasteiger partial charge on any atom is -0.329 e. The highest BCUT2D eigenvalue weighted by atomic mass is 32.2. The highest BCUT2D eigenvalue weighted by Crippen LogP contribution is 2.30. The van der Waals surface area contributed by atoms with Gasteiger partial charge in [-0.25, -0.2) is 0 Å². The van der Waals surface area contributed by atoms with E-state index in [9.17, 15) is 9.59 Å². The van der Waals surface area contributed by atoms with Gasteiger partial charge in [0.1, 0.15) is 12.1 Å². The molecule has 3 aliphatic heterocycles. The van der Waals surface area contributed by atoms with Crippen LogP contribution in [0.4, 0.5) is 0 Å². The van der Waals surface area contributed by atoms with E-state index in [0.29, 0.717) is 5.92 Å². The standard InChI is InChI=1S/C16H26N2O2S/c1-2-13-15(19)17-8-4-3-5-14(17)16(20)18(13)11-12-6-9-21-10-7-12/h12-14H,2-11H2,1H3. The van der Waals surface area contributed by atoms with Crippen LogP contribution in [-0.2, 0) is 9.59 Å². The molecule has 0 saturated carbocycles. The van der Waals surface area contributed by atoms with Crippen molar-refractivity contribution in [2.24, 2.45) is 5.92 Å². The molecule has 3 rings (SSSR count). The average Bonchev–Trinajstić information content (AvgIpc) is 2.54. The van der Waals surface area contributed by atoms with Crippen molar-refractivity contribution >= 4 is 23.6 Å². The summed E-state index contributed by atoms with van der Waals surface area (Å²) in [6, 6.07) is -0.367. The number of piperazine rings is 1. The van der Waals surface area contributed by atoms with Crippen LogP contribution in [0.1, 0.15) is 45.4 Å². The molecule has 0 radical (unpaired) electrons. The summed E-state index contributed by atoms with van der Waals surface area (Å²) in [5.41, 5.74) is 0. The molecule has 118 valence electrons. The Bertz CT molecular complexity index is 409. The first-order valence-corrected chi connectivity index (χ1v) is 9.56. The lowest BCUT2D eigenvalue weighted by molar-refractivity contribution is -0.164. The van der Waals surface area contributed by atoms with Gasteiger partial charge in [-0.15, -0.1) is 0 Å². The predicted molar refractivity (Wildman–Crippen MR) is 85.2 cm³/mol. The first-order valence-electron chi connectivity index (χ1n) is 8.41. The minimum absolute atomic E-state index is 0.160. The predicted octanol–water partition coefficient (Wildman–Crippen LogP) is 2.13. The van der Waals surface area contributed by atoms with Crippen molar-refractivity contribution in [1.82, 2.24) is 9.80 Å². The summed E-state index contributed by atoms with van der Waals surface area (Å²) in [6.07, 6.45) is 6.10. The van der Waals surface area contributed by atoms with E-state index in [4.69, 9.17) is 0 Å². The number of piperidine rings is 1. The molecule has 0 bridgehead atoms. The molecule has 0 N–H and O–H groups in total. The Balaban J connectivity index is 1.76. The third-order valence-corrected chi connectivity index (χ3v) is 6.25. The van der Waals surface area contributed by atoms with Crippen molar-refractivity contribution in [3.63, 3.8) is 0 Å². The quantitative estimate of drug-likeness (QED) is 0.802. The number of nitrogens with zero attached hydrogens (tertiary/aromatic N) is 2. The van der Waals surface area contributed by atoms with E-state index in [1.165, 1.54) is 24.3 Å². The number of hydrogen-bond acceptors (Lipinski definition) is 3. The van der Waals surface area contributed by atoms with E-state index in [1.807, 2.05) is 28.5 Å². The molecule has 0 aromatic rings. The van der Waals surface area contributed by atoms with Gasteiger partial charge >= 0.3 is 0 Å². The molecule has 3 saturated heterocycles. The molecule has 0 aliphatic carbocycles. The fourth-order valence-electron chi connectivity index (χ4n) is 3.94. The molecule has 5 heteroatoms. The second-order valence-corrected chi connectivity index (χ2v) is 7.74. The number of rotatable bonds is 3. The van der Waals surface area contributed by atoms with Crippen molar-refractivity contribution in [1.29, 1.82) is 0 Å². The Labute approximate surface area is 131 Å². The molecule has 0 spiro atoms. The normalized spacial score (nSPS) is 31.5. The average molecular weight is 310 g/mol. The van der Waals surface area contributed by atoms with Crippen LogP contribution < -0.4 is 0 Å². The zero-order chi connectivity index (χ0) is 14.8. The minimum atomic E-state index is -0.207. The molecule has 0 aromatic heterocycles. The van der Waals surface area contributed by atoms with Gasteiger partial charge < -0.3 is 9.80 Å². The van der Waals surface area contributed by atoms with Crippen LogP contribution >= 0.6 is 11.8 Å². The maximum absolute atomic E-state index is 12.9. The van der Waals surface area contributed by atoms with Gasteiger partial charge in [0.2, 0.25) is 11.8 Å². The van der Waals surface area contributed by atoms with Crippen LogP contribution in [0, 0.1) is 5.92 Å². The molecular formula is C16H26N2O2S. The fourth-order valence-corrected chi connectivity index (χ4v) is 5.15. The molecule has 2 amide bonds. The van der Waals surface area contributed by atoms with Gasteiger partial charge in [-0.05, 0) is 55.9 Å². The molecular weight excluding hydrogens is 284 g/mol. The van der Waals surface area contributed by atoms with Crippen molar-refractivity contribution in [2.75, 3.05) is 24.6 Å². The van der Waals surface area contributed by atoms with Crippen LogP contribution in [0.25, 0.3) is 0 Å². The van der Waals surface area contributed by atoms with E-state index in [0.717, 1.165) is 38.8 Å². The summed E-state index contributed by atoms with van der Waals surface area (Å²) in [6.45, 7) is 3.61. The topological polar surface area (TPSA) is 40.6 Å². The Morgan fingerprint density at radius 2 is 1.86 bits per heavy atom. The Hall–Kier alpha value is -0.710. The van der Waals surface area contributed by atoms with Crippen LogP contribution in [0.3, 0.4) is 0 Å². The zero-order valence-electron chi connectivity index (χ0n) is 12.9. The van der Waals surface area contributed by atoms with Crippen LogP contribution in [0.15, 0.2) is 0 Å². The van der Waals surface area contributed by atoms with Crippen LogP contribution in [-0.4, -0.2) is 58.3 Å². The van der Waals surface area contributed by atoms with Crippen molar-refractivity contribution in [3.8, 4) is 0 Å². The lowest BCUT2D eigenvalue weighted by Gasteiger charge is -2.47. The molecule has 3 heterocycles. The molecule has 2 atom stereocenters. The number of amides is 2. The third kappa shape index (κ3) is 2.94. The van der Waals surface area contributed by atoms with Crippen LogP contribution in [0.5, 0.6) is 0 Å².